The molecule has 0 amide bonds. The first-order valence-corrected chi connectivity index (χ1v) is 4.31. The normalized spacial score (nSPS) is 14.6. The number of rotatable bonds is 4. The average molecular weight is 212 g/mol. The van der Waals surface area contributed by atoms with Crippen molar-refractivity contribution >= 4 is 11.7 Å². The zero-order chi connectivity index (χ0) is 11.4. The highest BCUT2D eigenvalue weighted by Gasteiger charge is 2.12. The summed E-state index contributed by atoms with van der Waals surface area (Å²) >= 11 is 0. The van der Waals surface area contributed by atoms with E-state index in [0.29, 0.717) is 5.56 Å². The van der Waals surface area contributed by atoms with Gasteiger partial charge in [0, 0.05) is 12.1 Å². The number of nitrogens with one attached hydrogen (secondary N) is 1. The minimum Gasteiger partial charge on any atom is -0.595 e. The van der Waals surface area contributed by atoms with E-state index in [1.54, 1.807) is 12.1 Å². The second-order valence-electron chi connectivity index (χ2n) is 3.15. The molecule has 1 aromatic carbocycles. The molecule has 0 saturated heterocycles. The summed E-state index contributed by atoms with van der Waals surface area (Å²) in [6.45, 7) is 0. The lowest BCUT2D eigenvalue weighted by Gasteiger charge is -2.12. The smallest absolute Gasteiger partial charge is 0.320 e. The van der Waals surface area contributed by atoms with E-state index in [1.807, 2.05) is 0 Å². The predicted octanol–water partition coefficient (Wildman–Crippen LogP) is -0.956. The van der Waals surface area contributed by atoms with E-state index in [1.165, 1.54) is 12.1 Å². The topological polar surface area (TPSA) is 111 Å². The largest absolute Gasteiger partial charge is 0.595 e. The van der Waals surface area contributed by atoms with Gasteiger partial charge in [-0.2, -0.15) is 5.23 Å². The van der Waals surface area contributed by atoms with E-state index >= 15 is 0 Å². The Balaban J connectivity index is 2.68. The third-order valence-electron chi connectivity index (χ3n) is 1.97. The fourth-order valence-electron chi connectivity index (χ4n) is 1.12. The monoisotopic (exact) mass is 212 g/mol. The van der Waals surface area contributed by atoms with Gasteiger partial charge in [0.15, 0.2) is 5.69 Å². The molecular weight excluding hydrogens is 200 g/mol. The van der Waals surface area contributed by atoms with Crippen molar-refractivity contribution in [1.29, 1.82) is 0 Å². The second-order valence-corrected chi connectivity index (χ2v) is 3.15. The molecule has 1 aromatic rings. The molecule has 15 heavy (non-hydrogen) atoms. The lowest BCUT2D eigenvalue weighted by atomic mass is 10.1. The Hall–Kier alpha value is -1.47. The van der Waals surface area contributed by atoms with Crippen molar-refractivity contribution in [2.24, 2.45) is 5.73 Å². The number of carbonyl (C=O) groups is 1. The van der Waals surface area contributed by atoms with Crippen LogP contribution in [0, 0.1) is 5.21 Å². The van der Waals surface area contributed by atoms with Crippen LogP contribution in [0.4, 0.5) is 5.69 Å². The van der Waals surface area contributed by atoms with Gasteiger partial charge < -0.3 is 16.0 Å². The summed E-state index contributed by atoms with van der Waals surface area (Å²) in [6, 6.07) is 5.01. The Morgan fingerprint density at radius 1 is 1.47 bits per heavy atom. The SMILES string of the molecule is N[C@@H](Cc1ccc([NH+]([O-])O)cc1)C(=O)O. The Labute approximate surface area is 86.1 Å². The third-order valence-corrected chi connectivity index (χ3v) is 1.97. The summed E-state index contributed by atoms with van der Waals surface area (Å²) < 4.78 is 0. The standard InChI is InChI=1S/C9H12N2O4/c10-8(9(12)13)5-6-1-3-7(4-2-6)11(14)15/h1-4,8,11,14H,5,10H2,(H,12,13)/t8-/m0/s1. The number of quaternary nitrogens is 1. The molecule has 0 spiro atoms. The highest BCUT2D eigenvalue weighted by atomic mass is 16.8. The van der Waals surface area contributed by atoms with E-state index in [2.05, 4.69) is 0 Å². The maximum absolute atomic E-state index is 10.5. The molecule has 82 valence electrons. The molecule has 6 heteroatoms. The Kier molecular flexibility index (Phi) is 3.75. The third kappa shape index (κ3) is 3.30. The number of hydrogen-bond donors (Lipinski definition) is 4. The van der Waals surface area contributed by atoms with Gasteiger partial charge >= 0.3 is 5.97 Å². The summed E-state index contributed by atoms with van der Waals surface area (Å²) in [7, 11) is 0. The number of benzene rings is 1. The number of carboxylic acid groups (broad SMARTS) is 1. The first-order valence-electron chi connectivity index (χ1n) is 4.31. The Bertz CT molecular complexity index is 336. The molecule has 0 aromatic heterocycles. The van der Waals surface area contributed by atoms with E-state index < -0.39 is 17.2 Å². The predicted molar refractivity (Wildman–Crippen MR) is 51.5 cm³/mol. The molecule has 6 nitrogen and oxygen atoms in total. The van der Waals surface area contributed by atoms with E-state index in [0.717, 1.165) is 0 Å². The van der Waals surface area contributed by atoms with Crippen molar-refractivity contribution in [2.75, 3.05) is 0 Å². The fraction of sp³-hybridized carbons (Fsp3) is 0.222. The lowest BCUT2D eigenvalue weighted by molar-refractivity contribution is -0.991. The Morgan fingerprint density at radius 2 is 2.00 bits per heavy atom. The van der Waals surface area contributed by atoms with Crippen LogP contribution in [0.3, 0.4) is 0 Å². The van der Waals surface area contributed by atoms with Gasteiger partial charge in [-0.1, -0.05) is 12.1 Å². The molecule has 1 unspecified atom stereocenters. The van der Waals surface area contributed by atoms with E-state index in [4.69, 9.17) is 16.0 Å². The maximum Gasteiger partial charge on any atom is 0.320 e. The van der Waals surface area contributed by atoms with Crippen molar-refractivity contribution in [3.8, 4) is 0 Å². The number of aliphatic carboxylic acids is 1. The van der Waals surface area contributed by atoms with Crippen molar-refractivity contribution in [1.82, 2.24) is 0 Å². The molecule has 2 atom stereocenters. The summed E-state index contributed by atoms with van der Waals surface area (Å²) in [5, 5.41) is 26.7. The zero-order valence-corrected chi connectivity index (χ0v) is 7.88. The molecule has 5 N–H and O–H groups in total. The van der Waals surface area contributed by atoms with Crippen LogP contribution in [0.15, 0.2) is 24.3 Å². The molecule has 0 heterocycles. The first-order chi connectivity index (χ1) is 7.00. The molecule has 0 saturated carbocycles. The molecule has 0 radical (unpaired) electrons. The molecule has 0 fully saturated rings. The van der Waals surface area contributed by atoms with Crippen LogP contribution in [0.5, 0.6) is 0 Å². The Morgan fingerprint density at radius 3 is 2.40 bits per heavy atom. The molecular formula is C9H12N2O4. The van der Waals surface area contributed by atoms with Gasteiger partial charge in [-0.15, -0.1) is 0 Å². The molecule has 0 aliphatic rings. The highest BCUT2D eigenvalue weighted by Crippen LogP contribution is 2.07. The number of carboxylic acids is 1. The van der Waals surface area contributed by atoms with Crippen molar-refractivity contribution in [3.05, 3.63) is 35.0 Å². The lowest BCUT2D eigenvalue weighted by Crippen LogP contribution is -2.99. The van der Waals surface area contributed by atoms with Crippen LogP contribution < -0.4 is 11.0 Å². The van der Waals surface area contributed by atoms with Crippen molar-refractivity contribution in [3.63, 3.8) is 0 Å². The summed E-state index contributed by atoms with van der Waals surface area (Å²) in [5.74, 6) is -1.07. The fourth-order valence-corrected chi connectivity index (χ4v) is 1.12. The molecule has 0 aliphatic carbocycles. The second kappa shape index (κ2) is 4.85. The van der Waals surface area contributed by atoms with Crippen molar-refractivity contribution < 1.29 is 20.3 Å². The summed E-state index contributed by atoms with van der Waals surface area (Å²) in [5.41, 5.74) is 6.20. The highest BCUT2D eigenvalue weighted by molar-refractivity contribution is 5.73. The van der Waals surface area contributed by atoms with Gasteiger partial charge in [-0.25, -0.2) is 5.21 Å². The van der Waals surface area contributed by atoms with Crippen LogP contribution in [0.1, 0.15) is 5.56 Å². The van der Waals surface area contributed by atoms with Gasteiger partial charge in [0.05, 0.1) is 0 Å². The molecule has 0 aliphatic heterocycles. The van der Waals surface area contributed by atoms with Crippen LogP contribution in [-0.2, 0) is 11.2 Å². The zero-order valence-electron chi connectivity index (χ0n) is 7.88. The summed E-state index contributed by atoms with van der Waals surface area (Å²) in [4.78, 5) is 10.5. The average Bonchev–Trinajstić information content (AvgIpc) is 2.18. The van der Waals surface area contributed by atoms with Gasteiger partial charge in [0.2, 0.25) is 0 Å². The first kappa shape index (κ1) is 11.6. The quantitative estimate of drug-likeness (QED) is 0.480. The van der Waals surface area contributed by atoms with Crippen molar-refractivity contribution in [2.45, 2.75) is 12.5 Å². The maximum atomic E-state index is 10.5. The molecule has 0 bridgehead atoms. The van der Waals surface area contributed by atoms with Gasteiger partial charge in [-0.3, -0.25) is 4.79 Å². The van der Waals surface area contributed by atoms with Crippen LogP contribution in [-0.4, -0.2) is 22.3 Å². The number of hydrogen-bond acceptors (Lipinski definition) is 4. The van der Waals surface area contributed by atoms with Crippen LogP contribution >= 0.6 is 0 Å². The van der Waals surface area contributed by atoms with Gasteiger partial charge in [0.25, 0.3) is 0 Å². The van der Waals surface area contributed by atoms with E-state index in [-0.39, 0.29) is 12.1 Å². The number of nitrogens with two attached hydrogens (primary N) is 1. The van der Waals surface area contributed by atoms with Gasteiger partial charge in [0.1, 0.15) is 6.04 Å². The molecule has 1 rings (SSSR count). The summed E-state index contributed by atoms with van der Waals surface area (Å²) in [6.07, 6.45) is 0.190. The minimum atomic E-state index is -1.07. The van der Waals surface area contributed by atoms with E-state index in [9.17, 15) is 10.0 Å². The van der Waals surface area contributed by atoms with Gasteiger partial charge in [-0.05, 0) is 12.0 Å². The van der Waals surface area contributed by atoms with Crippen LogP contribution in [0.2, 0.25) is 0 Å². The minimum absolute atomic E-state index is 0.169. The van der Waals surface area contributed by atoms with Crippen LogP contribution in [0.25, 0.3) is 0 Å².